The second-order valence-electron chi connectivity index (χ2n) is 5.60. The predicted octanol–water partition coefficient (Wildman–Crippen LogP) is 1.62. The van der Waals surface area contributed by atoms with Crippen molar-refractivity contribution in [3.63, 3.8) is 0 Å². The summed E-state index contributed by atoms with van der Waals surface area (Å²) in [6.07, 6.45) is 6.57. The molecule has 0 aromatic carbocycles. The van der Waals surface area contributed by atoms with Crippen LogP contribution in [0.25, 0.3) is 0 Å². The number of anilines is 1. The Kier molecular flexibility index (Phi) is 1.93. The number of nitrogens with zero attached hydrogens (tertiary/aromatic N) is 2. The molecule has 2 aliphatic carbocycles. The van der Waals surface area contributed by atoms with Gasteiger partial charge in [0.05, 0.1) is 17.5 Å². The summed E-state index contributed by atoms with van der Waals surface area (Å²) in [4.78, 5) is 30.3. The van der Waals surface area contributed by atoms with Gasteiger partial charge in [-0.1, -0.05) is 0 Å². The predicted molar refractivity (Wildman–Crippen MR) is 64.5 cm³/mol. The molecule has 4 nitrogen and oxygen atoms in total. The Labute approximate surface area is 105 Å². The van der Waals surface area contributed by atoms with Gasteiger partial charge in [0.2, 0.25) is 11.8 Å². The smallest absolute Gasteiger partial charge is 0.237 e. The number of carbonyl (C=O) groups excluding carboxylic acids is 2. The number of fused-ring (bicyclic) bond motifs is 5. The van der Waals surface area contributed by atoms with Crippen LogP contribution in [0, 0.1) is 23.7 Å². The largest absolute Gasteiger partial charge is 0.274 e. The molecule has 4 atom stereocenters. The zero-order chi connectivity index (χ0) is 12.3. The van der Waals surface area contributed by atoms with Gasteiger partial charge in [0, 0.05) is 12.4 Å². The molecule has 4 rings (SSSR count). The molecule has 1 aromatic rings. The Morgan fingerprint density at radius 1 is 1.00 bits per heavy atom. The second kappa shape index (κ2) is 3.40. The van der Waals surface area contributed by atoms with Gasteiger partial charge in [-0.15, -0.1) is 0 Å². The molecule has 92 valence electrons. The maximum atomic E-state index is 12.5. The van der Waals surface area contributed by atoms with E-state index in [1.165, 1.54) is 4.90 Å². The second-order valence-corrected chi connectivity index (χ2v) is 5.60. The number of rotatable bonds is 1. The van der Waals surface area contributed by atoms with Crippen LogP contribution in [-0.2, 0) is 9.59 Å². The highest BCUT2D eigenvalue weighted by Crippen LogP contribution is 2.56. The Bertz CT molecular complexity index is 500. The zero-order valence-corrected chi connectivity index (χ0v) is 9.95. The summed E-state index contributed by atoms with van der Waals surface area (Å²) < 4.78 is 0. The van der Waals surface area contributed by atoms with E-state index in [0.29, 0.717) is 17.5 Å². The number of carbonyl (C=O) groups is 2. The molecule has 3 fully saturated rings. The molecule has 3 aliphatic rings. The van der Waals surface area contributed by atoms with Gasteiger partial charge in [-0.05, 0) is 43.2 Å². The topological polar surface area (TPSA) is 50.3 Å². The number of hydrogen-bond acceptors (Lipinski definition) is 3. The Morgan fingerprint density at radius 2 is 1.56 bits per heavy atom. The van der Waals surface area contributed by atoms with Gasteiger partial charge < -0.3 is 0 Å². The van der Waals surface area contributed by atoms with Crippen LogP contribution in [0.5, 0.6) is 0 Å². The van der Waals surface area contributed by atoms with Crippen LogP contribution >= 0.6 is 0 Å². The van der Waals surface area contributed by atoms with Crippen molar-refractivity contribution in [2.45, 2.75) is 19.3 Å². The van der Waals surface area contributed by atoms with E-state index in [1.807, 2.05) is 0 Å². The molecule has 1 aliphatic heterocycles. The molecule has 0 radical (unpaired) electrons. The van der Waals surface area contributed by atoms with E-state index in [2.05, 4.69) is 4.98 Å². The van der Waals surface area contributed by atoms with Crippen molar-refractivity contribution in [1.29, 1.82) is 0 Å². The van der Waals surface area contributed by atoms with Gasteiger partial charge in [-0.2, -0.15) is 0 Å². The summed E-state index contributed by atoms with van der Waals surface area (Å²) in [5, 5.41) is 0. The van der Waals surface area contributed by atoms with E-state index in [1.54, 1.807) is 24.5 Å². The Morgan fingerprint density at radius 3 is 2.11 bits per heavy atom. The lowest BCUT2D eigenvalue weighted by molar-refractivity contribution is -0.123. The fourth-order valence-electron chi connectivity index (χ4n) is 4.16. The van der Waals surface area contributed by atoms with E-state index in [0.717, 1.165) is 19.3 Å². The van der Waals surface area contributed by atoms with Crippen LogP contribution in [0.4, 0.5) is 5.69 Å². The Hall–Kier alpha value is -1.71. The highest BCUT2D eigenvalue weighted by Gasteiger charge is 2.61. The number of amides is 2. The average molecular weight is 242 g/mol. The molecule has 4 unspecified atom stereocenters. The highest BCUT2D eigenvalue weighted by molar-refractivity contribution is 6.22. The third-order valence-electron chi connectivity index (χ3n) is 4.85. The SMILES string of the molecule is O=C1C2C3CCC(C3)C2C(=O)N1c1ccncc1. The van der Waals surface area contributed by atoms with Crippen molar-refractivity contribution >= 4 is 17.5 Å². The zero-order valence-electron chi connectivity index (χ0n) is 9.95. The first-order valence-electron chi connectivity index (χ1n) is 6.55. The molecular formula is C14H14N2O2. The van der Waals surface area contributed by atoms with Gasteiger partial charge in [-0.25, -0.2) is 4.90 Å². The monoisotopic (exact) mass is 242 g/mol. The van der Waals surface area contributed by atoms with E-state index in [-0.39, 0.29) is 23.7 Å². The van der Waals surface area contributed by atoms with Crippen molar-refractivity contribution in [3.05, 3.63) is 24.5 Å². The normalized spacial score (nSPS) is 37.4. The molecule has 0 N–H and O–H groups in total. The van der Waals surface area contributed by atoms with E-state index >= 15 is 0 Å². The quantitative estimate of drug-likeness (QED) is 0.703. The fourth-order valence-corrected chi connectivity index (χ4v) is 4.16. The fraction of sp³-hybridized carbons (Fsp3) is 0.500. The van der Waals surface area contributed by atoms with Gasteiger partial charge in [0.15, 0.2) is 0 Å². The Balaban J connectivity index is 1.76. The third-order valence-corrected chi connectivity index (χ3v) is 4.85. The minimum Gasteiger partial charge on any atom is -0.274 e. The molecule has 18 heavy (non-hydrogen) atoms. The van der Waals surface area contributed by atoms with Crippen LogP contribution in [0.2, 0.25) is 0 Å². The molecule has 1 aromatic heterocycles. The number of pyridine rings is 1. The van der Waals surface area contributed by atoms with Crippen molar-refractivity contribution in [2.75, 3.05) is 4.90 Å². The minimum absolute atomic E-state index is 0.0170. The van der Waals surface area contributed by atoms with Crippen LogP contribution in [0.1, 0.15) is 19.3 Å². The lowest BCUT2D eigenvalue weighted by Gasteiger charge is -2.19. The maximum absolute atomic E-state index is 12.5. The van der Waals surface area contributed by atoms with Crippen LogP contribution in [0.15, 0.2) is 24.5 Å². The summed E-state index contributed by atoms with van der Waals surface area (Å²) in [6, 6.07) is 3.47. The molecule has 1 saturated heterocycles. The molecular weight excluding hydrogens is 228 g/mol. The summed E-state index contributed by atoms with van der Waals surface area (Å²) >= 11 is 0. The minimum atomic E-state index is -0.0376. The van der Waals surface area contributed by atoms with Gasteiger partial charge in [-0.3, -0.25) is 14.6 Å². The van der Waals surface area contributed by atoms with E-state index in [9.17, 15) is 9.59 Å². The average Bonchev–Trinajstić information content (AvgIpc) is 3.05. The molecule has 2 heterocycles. The first-order valence-corrected chi connectivity index (χ1v) is 6.55. The van der Waals surface area contributed by atoms with Gasteiger partial charge in [0.25, 0.3) is 0 Å². The summed E-state index contributed by atoms with van der Waals surface area (Å²) in [6.45, 7) is 0. The van der Waals surface area contributed by atoms with Gasteiger partial charge in [0.1, 0.15) is 0 Å². The summed E-state index contributed by atoms with van der Waals surface area (Å²) in [5.41, 5.74) is 0.675. The lowest BCUT2D eigenvalue weighted by Crippen LogP contribution is -2.32. The van der Waals surface area contributed by atoms with E-state index in [4.69, 9.17) is 0 Å². The molecule has 0 spiro atoms. The van der Waals surface area contributed by atoms with Crippen LogP contribution in [0.3, 0.4) is 0 Å². The molecule has 2 saturated carbocycles. The molecule has 4 heteroatoms. The summed E-state index contributed by atoms with van der Waals surface area (Å²) in [7, 11) is 0. The lowest BCUT2D eigenvalue weighted by atomic mass is 9.81. The molecule has 2 bridgehead atoms. The van der Waals surface area contributed by atoms with Crippen molar-refractivity contribution in [1.82, 2.24) is 4.98 Å². The van der Waals surface area contributed by atoms with Crippen molar-refractivity contribution in [3.8, 4) is 0 Å². The van der Waals surface area contributed by atoms with Crippen molar-refractivity contribution < 1.29 is 9.59 Å². The number of aromatic nitrogens is 1. The number of imide groups is 1. The van der Waals surface area contributed by atoms with Crippen molar-refractivity contribution in [2.24, 2.45) is 23.7 Å². The number of hydrogen-bond donors (Lipinski definition) is 0. The first kappa shape index (κ1) is 10.2. The maximum Gasteiger partial charge on any atom is 0.237 e. The standard InChI is InChI=1S/C14H14N2O2/c17-13-11-8-1-2-9(7-8)12(11)14(18)16(13)10-3-5-15-6-4-10/h3-6,8-9,11-12H,1-2,7H2. The van der Waals surface area contributed by atoms with Crippen LogP contribution < -0.4 is 4.90 Å². The summed E-state index contributed by atoms with van der Waals surface area (Å²) in [5.74, 6) is 0.854. The third kappa shape index (κ3) is 1.13. The highest BCUT2D eigenvalue weighted by atomic mass is 16.2. The first-order chi connectivity index (χ1) is 8.77. The van der Waals surface area contributed by atoms with Gasteiger partial charge >= 0.3 is 0 Å². The molecule has 2 amide bonds. The van der Waals surface area contributed by atoms with E-state index < -0.39 is 0 Å². The van der Waals surface area contributed by atoms with Crippen LogP contribution in [-0.4, -0.2) is 16.8 Å².